The Balaban J connectivity index is 2.19. The Morgan fingerprint density at radius 2 is 1.71 bits per heavy atom. The van der Waals surface area contributed by atoms with Gasteiger partial charge >= 0.3 is 0 Å². The van der Waals surface area contributed by atoms with Crippen molar-refractivity contribution in [1.29, 1.82) is 0 Å². The second-order valence-corrected chi connectivity index (χ2v) is 4.28. The monoisotopic (exact) mass is 200 g/mol. The van der Waals surface area contributed by atoms with Gasteiger partial charge in [0.25, 0.3) is 0 Å². The first-order valence-electron chi connectivity index (χ1n) is 5.80. The molecular formula is C11H24N2O. The van der Waals surface area contributed by atoms with Gasteiger partial charge < -0.3 is 15.4 Å². The first-order chi connectivity index (χ1) is 6.83. The van der Waals surface area contributed by atoms with Gasteiger partial charge in [-0.2, -0.15) is 0 Å². The average molecular weight is 200 g/mol. The Morgan fingerprint density at radius 1 is 1.14 bits per heavy atom. The topological polar surface area (TPSA) is 38.5 Å². The van der Waals surface area contributed by atoms with Crippen molar-refractivity contribution < 1.29 is 4.74 Å². The standard InChI is InChI=1S/C11H24N2O/c1-14-10-11(12)9-13-7-5-3-2-4-6-8-13/h11H,2-10,12H2,1H3. The lowest BCUT2D eigenvalue weighted by Gasteiger charge is -2.26. The van der Waals surface area contributed by atoms with Gasteiger partial charge in [-0.1, -0.05) is 19.3 Å². The molecule has 1 fully saturated rings. The number of rotatable bonds is 4. The summed E-state index contributed by atoms with van der Waals surface area (Å²) in [6, 6.07) is 0.180. The lowest BCUT2D eigenvalue weighted by Crippen LogP contribution is -2.41. The number of hydrogen-bond donors (Lipinski definition) is 1. The molecule has 0 saturated carbocycles. The van der Waals surface area contributed by atoms with Gasteiger partial charge in [-0.05, 0) is 25.9 Å². The Labute approximate surface area is 87.6 Å². The molecule has 3 nitrogen and oxygen atoms in total. The zero-order valence-corrected chi connectivity index (χ0v) is 9.37. The Kier molecular flexibility index (Phi) is 6.15. The molecule has 2 N–H and O–H groups in total. The third-order valence-electron chi connectivity index (χ3n) is 2.82. The molecule has 0 aromatic carbocycles. The minimum absolute atomic E-state index is 0.180. The van der Waals surface area contributed by atoms with Gasteiger partial charge in [0.1, 0.15) is 0 Å². The van der Waals surface area contributed by atoms with Crippen LogP contribution in [0.1, 0.15) is 32.1 Å². The van der Waals surface area contributed by atoms with Crippen LogP contribution in [-0.4, -0.2) is 44.3 Å². The molecule has 1 unspecified atom stereocenters. The number of ether oxygens (including phenoxy) is 1. The summed E-state index contributed by atoms with van der Waals surface area (Å²) >= 11 is 0. The van der Waals surface area contributed by atoms with Crippen LogP contribution in [0.4, 0.5) is 0 Å². The van der Waals surface area contributed by atoms with Gasteiger partial charge in [0.2, 0.25) is 0 Å². The van der Waals surface area contributed by atoms with Crippen LogP contribution in [0.2, 0.25) is 0 Å². The van der Waals surface area contributed by atoms with E-state index >= 15 is 0 Å². The number of hydrogen-bond acceptors (Lipinski definition) is 3. The molecule has 0 aromatic heterocycles. The summed E-state index contributed by atoms with van der Waals surface area (Å²) in [5.74, 6) is 0. The second kappa shape index (κ2) is 7.21. The number of nitrogens with zero attached hydrogens (tertiary/aromatic N) is 1. The fourth-order valence-corrected chi connectivity index (χ4v) is 2.09. The van der Waals surface area contributed by atoms with Crippen LogP contribution in [-0.2, 0) is 4.74 Å². The van der Waals surface area contributed by atoms with Crippen LogP contribution in [0.15, 0.2) is 0 Å². The summed E-state index contributed by atoms with van der Waals surface area (Å²) in [5.41, 5.74) is 5.94. The maximum Gasteiger partial charge on any atom is 0.0626 e. The van der Waals surface area contributed by atoms with E-state index in [1.54, 1.807) is 7.11 Å². The van der Waals surface area contributed by atoms with Crippen molar-refractivity contribution in [2.75, 3.05) is 33.4 Å². The number of likely N-dealkylation sites (tertiary alicyclic amines) is 1. The molecule has 14 heavy (non-hydrogen) atoms. The molecule has 0 radical (unpaired) electrons. The second-order valence-electron chi connectivity index (χ2n) is 4.28. The Morgan fingerprint density at radius 3 is 2.29 bits per heavy atom. The summed E-state index contributed by atoms with van der Waals surface area (Å²) < 4.78 is 5.05. The molecule has 1 heterocycles. The molecule has 84 valence electrons. The van der Waals surface area contributed by atoms with E-state index in [0.717, 1.165) is 6.54 Å². The molecular weight excluding hydrogens is 176 g/mol. The zero-order valence-electron chi connectivity index (χ0n) is 9.37. The summed E-state index contributed by atoms with van der Waals surface area (Å²) in [4.78, 5) is 2.49. The molecule has 0 amide bonds. The smallest absolute Gasteiger partial charge is 0.0626 e. The highest BCUT2D eigenvalue weighted by molar-refractivity contribution is 4.69. The van der Waals surface area contributed by atoms with E-state index in [4.69, 9.17) is 10.5 Å². The SMILES string of the molecule is COCC(N)CN1CCCCCCC1. The molecule has 1 aliphatic heterocycles. The van der Waals surface area contributed by atoms with E-state index in [-0.39, 0.29) is 6.04 Å². The minimum atomic E-state index is 0.180. The molecule has 1 saturated heterocycles. The zero-order chi connectivity index (χ0) is 10.2. The summed E-state index contributed by atoms with van der Waals surface area (Å²) in [6.45, 7) is 4.11. The van der Waals surface area contributed by atoms with Crippen LogP contribution in [0.3, 0.4) is 0 Å². The maximum absolute atomic E-state index is 5.94. The summed E-state index contributed by atoms with van der Waals surface area (Å²) in [7, 11) is 1.72. The van der Waals surface area contributed by atoms with Crippen molar-refractivity contribution in [2.45, 2.75) is 38.1 Å². The first kappa shape index (κ1) is 12.0. The molecule has 0 spiro atoms. The predicted octanol–water partition coefficient (Wildman–Crippen LogP) is 1.23. The van der Waals surface area contributed by atoms with Gasteiger partial charge in [-0.25, -0.2) is 0 Å². The van der Waals surface area contributed by atoms with Crippen LogP contribution in [0.5, 0.6) is 0 Å². The molecule has 0 bridgehead atoms. The Hall–Kier alpha value is -0.120. The fraction of sp³-hybridized carbons (Fsp3) is 1.00. The highest BCUT2D eigenvalue weighted by atomic mass is 16.5. The maximum atomic E-state index is 5.94. The quantitative estimate of drug-likeness (QED) is 0.741. The van der Waals surface area contributed by atoms with Gasteiger partial charge in [0.15, 0.2) is 0 Å². The van der Waals surface area contributed by atoms with Crippen molar-refractivity contribution in [3.63, 3.8) is 0 Å². The van der Waals surface area contributed by atoms with Crippen molar-refractivity contribution >= 4 is 0 Å². The van der Waals surface area contributed by atoms with E-state index in [2.05, 4.69) is 4.90 Å². The molecule has 1 rings (SSSR count). The molecule has 3 heteroatoms. The van der Waals surface area contributed by atoms with Gasteiger partial charge in [0.05, 0.1) is 6.61 Å². The van der Waals surface area contributed by atoms with Crippen LogP contribution in [0, 0.1) is 0 Å². The predicted molar refractivity (Wildman–Crippen MR) is 59.4 cm³/mol. The third kappa shape index (κ3) is 4.94. The lowest BCUT2D eigenvalue weighted by atomic mass is 10.1. The fourth-order valence-electron chi connectivity index (χ4n) is 2.09. The summed E-state index contributed by atoms with van der Waals surface area (Å²) in [6.07, 6.45) is 6.85. The van der Waals surface area contributed by atoms with E-state index < -0.39 is 0 Å². The van der Waals surface area contributed by atoms with E-state index in [9.17, 15) is 0 Å². The van der Waals surface area contributed by atoms with Crippen LogP contribution >= 0.6 is 0 Å². The highest BCUT2D eigenvalue weighted by Gasteiger charge is 2.11. The first-order valence-corrected chi connectivity index (χ1v) is 5.80. The van der Waals surface area contributed by atoms with Crippen molar-refractivity contribution in [3.05, 3.63) is 0 Å². The number of nitrogens with two attached hydrogens (primary N) is 1. The van der Waals surface area contributed by atoms with Crippen molar-refractivity contribution in [3.8, 4) is 0 Å². The Bertz CT molecular complexity index is 133. The van der Waals surface area contributed by atoms with Gasteiger partial charge in [-0.3, -0.25) is 0 Å². The van der Waals surface area contributed by atoms with Crippen LogP contribution in [0.25, 0.3) is 0 Å². The normalized spacial score (nSPS) is 22.7. The van der Waals surface area contributed by atoms with E-state index in [0.29, 0.717) is 6.61 Å². The van der Waals surface area contributed by atoms with Gasteiger partial charge in [-0.15, -0.1) is 0 Å². The van der Waals surface area contributed by atoms with E-state index in [1.165, 1.54) is 45.2 Å². The largest absolute Gasteiger partial charge is 0.383 e. The minimum Gasteiger partial charge on any atom is -0.383 e. The lowest BCUT2D eigenvalue weighted by molar-refractivity contribution is 0.149. The van der Waals surface area contributed by atoms with E-state index in [1.807, 2.05) is 0 Å². The molecule has 0 aliphatic carbocycles. The molecule has 0 aromatic rings. The average Bonchev–Trinajstić information content (AvgIpc) is 2.10. The highest BCUT2D eigenvalue weighted by Crippen LogP contribution is 2.10. The van der Waals surface area contributed by atoms with Crippen molar-refractivity contribution in [1.82, 2.24) is 4.90 Å². The van der Waals surface area contributed by atoms with Gasteiger partial charge in [0, 0.05) is 19.7 Å². The number of methoxy groups -OCH3 is 1. The van der Waals surface area contributed by atoms with Crippen molar-refractivity contribution in [2.24, 2.45) is 5.73 Å². The third-order valence-corrected chi connectivity index (χ3v) is 2.82. The molecule has 1 atom stereocenters. The summed E-state index contributed by atoms with van der Waals surface area (Å²) in [5, 5.41) is 0. The molecule has 1 aliphatic rings. The van der Waals surface area contributed by atoms with Crippen LogP contribution < -0.4 is 5.73 Å².